The second-order valence-electron chi connectivity index (χ2n) is 4.08. The van der Waals surface area contributed by atoms with Crippen molar-refractivity contribution in [2.24, 2.45) is 0 Å². The van der Waals surface area contributed by atoms with E-state index < -0.39 is 0 Å². The standard InChI is InChI=1S/C13H17BrN2O2/c1-4-11(14)13(18)16-10-6-5-8(2)12(7-10)15-9(3)17/h5-7,11H,4H2,1-3H3,(H,15,17)(H,16,18). The number of anilines is 2. The van der Waals surface area contributed by atoms with E-state index in [1.54, 1.807) is 6.07 Å². The molecule has 0 saturated carbocycles. The second kappa shape index (κ2) is 6.54. The van der Waals surface area contributed by atoms with Gasteiger partial charge < -0.3 is 10.6 Å². The number of rotatable bonds is 4. The third kappa shape index (κ3) is 4.14. The van der Waals surface area contributed by atoms with E-state index in [1.807, 2.05) is 26.0 Å². The van der Waals surface area contributed by atoms with E-state index in [9.17, 15) is 9.59 Å². The van der Waals surface area contributed by atoms with Crippen LogP contribution in [0.3, 0.4) is 0 Å². The Morgan fingerprint density at radius 1 is 1.33 bits per heavy atom. The van der Waals surface area contributed by atoms with E-state index in [0.717, 1.165) is 12.0 Å². The zero-order chi connectivity index (χ0) is 13.7. The molecule has 0 aromatic heterocycles. The molecule has 98 valence electrons. The molecule has 5 heteroatoms. The van der Waals surface area contributed by atoms with Crippen molar-refractivity contribution in [1.82, 2.24) is 0 Å². The summed E-state index contributed by atoms with van der Waals surface area (Å²) in [7, 11) is 0. The number of carbonyl (C=O) groups excluding carboxylic acids is 2. The van der Waals surface area contributed by atoms with Crippen LogP contribution in [0, 0.1) is 6.92 Å². The number of benzene rings is 1. The lowest BCUT2D eigenvalue weighted by Crippen LogP contribution is -2.22. The molecule has 2 N–H and O–H groups in total. The molecule has 1 atom stereocenters. The average Bonchev–Trinajstić information content (AvgIpc) is 2.31. The van der Waals surface area contributed by atoms with Crippen LogP contribution in [0.2, 0.25) is 0 Å². The molecule has 1 rings (SSSR count). The zero-order valence-electron chi connectivity index (χ0n) is 10.7. The highest BCUT2D eigenvalue weighted by molar-refractivity contribution is 9.10. The van der Waals surface area contributed by atoms with Gasteiger partial charge in [-0.1, -0.05) is 28.9 Å². The van der Waals surface area contributed by atoms with Crippen molar-refractivity contribution >= 4 is 39.1 Å². The number of alkyl halides is 1. The molecule has 4 nitrogen and oxygen atoms in total. The second-order valence-corrected chi connectivity index (χ2v) is 5.18. The third-order valence-corrected chi connectivity index (χ3v) is 3.52. The first-order valence-electron chi connectivity index (χ1n) is 5.77. The molecule has 0 saturated heterocycles. The highest BCUT2D eigenvalue weighted by atomic mass is 79.9. The van der Waals surface area contributed by atoms with Gasteiger partial charge in [-0.2, -0.15) is 0 Å². The Labute approximate surface area is 115 Å². The van der Waals surface area contributed by atoms with Gasteiger partial charge in [0.25, 0.3) is 0 Å². The van der Waals surface area contributed by atoms with E-state index in [2.05, 4.69) is 26.6 Å². The Morgan fingerprint density at radius 2 is 2.00 bits per heavy atom. The molecule has 0 fully saturated rings. The Balaban J connectivity index is 2.85. The minimum atomic E-state index is -0.206. The maximum atomic E-state index is 11.7. The van der Waals surface area contributed by atoms with Crippen LogP contribution in [-0.2, 0) is 9.59 Å². The molecule has 1 aromatic carbocycles. The predicted molar refractivity (Wildman–Crippen MR) is 77.1 cm³/mol. The first-order chi connectivity index (χ1) is 8.43. The lowest BCUT2D eigenvalue weighted by Gasteiger charge is -2.12. The van der Waals surface area contributed by atoms with Crippen molar-refractivity contribution < 1.29 is 9.59 Å². The summed E-state index contributed by atoms with van der Waals surface area (Å²) in [6.45, 7) is 5.28. The van der Waals surface area contributed by atoms with E-state index >= 15 is 0 Å². The average molecular weight is 313 g/mol. The van der Waals surface area contributed by atoms with E-state index in [0.29, 0.717) is 11.4 Å². The van der Waals surface area contributed by atoms with Crippen molar-refractivity contribution in [3.63, 3.8) is 0 Å². The number of aryl methyl sites for hydroxylation is 1. The lowest BCUT2D eigenvalue weighted by molar-refractivity contribution is -0.116. The van der Waals surface area contributed by atoms with Crippen molar-refractivity contribution in [2.75, 3.05) is 10.6 Å². The first kappa shape index (κ1) is 14.7. The van der Waals surface area contributed by atoms with Crippen LogP contribution in [0.4, 0.5) is 11.4 Å². The molecule has 0 radical (unpaired) electrons. The topological polar surface area (TPSA) is 58.2 Å². The van der Waals surface area contributed by atoms with E-state index in [-0.39, 0.29) is 16.6 Å². The van der Waals surface area contributed by atoms with Crippen LogP contribution < -0.4 is 10.6 Å². The molecular formula is C13H17BrN2O2. The summed E-state index contributed by atoms with van der Waals surface area (Å²) in [5.74, 6) is -0.219. The smallest absolute Gasteiger partial charge is 0.238 e. The molecule has 0 spiro atoms. The van der Waals surface area contributed by atoms with Crippen molar-refractivity contribution in [2.45, 2.75) is 32.0 Å². The monoisotopic (exact) mass is 312 g/mol. The van der Waals surface area contributed by atoms with Crippen LogP contribution in [0.5, 0.6) is 0 Å². The quantitative estimate of drug-likeness (QED) is 0.839. The molecule has 0 heterocycles. The van der Waals surface area contributed by atoms with Gasteiger partial charge in [0.15, 0.2) is 0 Å². The molecule has 1 aromatic rings. The number of carbonyl (C=O) groups is 2. The Kier molecular flexibility index (Phi) is 5.34. The molecule has 0 aliphatic carbocycles. The van der Waals surface area contributed by atoms with Gasteiger partial charge in [0.2, 0.25) is 11.8 Å². The lowest BCUT2D eigenvalue weighted by atomic mass is 10.1. The summed E-state index contributed by atoms with van der Waals surface area (Å²) in [6.07, 6.45) is 0.718. The van der Waals surface area contributed by atoms with Gasteiger partial charge in [-0.15, -0.1) is 0 Å². The zero-order valence-corrected chi connectivity index (χ0v) is 12.3. The van der Waals surface area contributed by atoms with Gasteiger partial charge in [-0.3, -0.25) is 9.59 Å². The summed E-state index contributed by atoms with van der Waals surface area (Å²) in [4.78, 5) is 22.6. The minimum Gasteiger partial charge on any atom is -0.326 e. The van der Waals surface area contributed by atoms with Gasteiger partial charge in [0.1, 0.15) is 0 Å². The van der Waals surface area contributed by atoms with E-state index in [4.69, 9.17) is 0 Å². The SMILES string of the molecule is CCC(Br)C(=O)Nc1ccc(C)c(NC(C)=O)c1. The Morgan fingerprint density at radius 3 is 2.56 bits per heavy atom. The van der Waals surface area contributed by atoms with Crippen LogP contribution in [0.15, 0.2) is 18.2 Å². The van der Waals surface area contributed by atoms with Crippen LogP contribution >= 0.6 is 15.9 Å². The summed E-state index contributed by atoms with van der Waals surface area (Å²) in [5.41, 5.74) is 2.34. The van der Waals surface area contributed by atoms with Gasteiger partial charge >= 0.3 is 0 Å². The van der Waals surface area contributed by atoms with Crippen molar-refractivity contribution in [3.8, 4) is 0 Å². The number of hydrogen-bond acceptors (Lipinski definition) is 2. The number of halogens is 1. The minimum absolute atomic E-state index is 0.0878. The summed E-state index contributed by atoms with van der Waals surface area (Å²) >= 11 is 3.29. The highest BCUT2D eigenvalue weighted by Gasteiger charge is 2.12. The summed E-state index contributed by atoms with van der Waals surface area (Å²) in [6, 6.07) is 5.42. The van der Waals surface area contributed by atoms with Crippen molar-refractivity contribution in [1.29, 1.82) is 0 Å². The molecule has 0 aliphatic heterocycles. The molecule has 0 bridgehead atoms. The first-order valence-corrected chi connectivity index (χ1v) is 6.68. The Hall–Kier alpha value is -1.36. The summed E-state index contributed by atoms with van der Waals surface area (Å²) < 4.78 is 0. The molecule has 1 unspecified atom stereocenters. The number of hydrogen-bond donors (Lipinski definition) is 2. The van der Waals surface area contributed by atoms with Gasteiger partial charge in [0, 0.05) is 18.3 Å². The maximum absolute atomic E-state index is 11.7. The van der Waals surface area contributed by atoms with Crippen LogP contribution in [-0.4, -0.2) is 16.6 Å². The van der Waals surface area contributed by atoms with Gasteiger partial charge in [-0.25, -0.2) is 0 Å². The van der Waals surface area contributed by atoms with Gasteiger partial charge in [0.05, 0.1) is 4.83 Å². The van der Waals surface area contributed by atoms with Crippen LogP contribution in [0.1, 0.15) is 25.8 Å². The van der Waals surface area contributed by atoms with Crippen molar-refractivity contribution in [3.05, 3.63) is 23.8 Å². The third-order valence-electron chi connectivity index (χ3n) is 2.46. The van der Waals surface area contributed by atoms with Gasteiger partial charge in [-0.05, 0) is 31.0 Å². The molecule has 18 heavy (non-hydrogen) atoms. The number of nitrogens with one attached hydrogen (secondary N) is 2. The van der Waals surface area contributed by atoms with Crippen LogP contribution in [0.25, 0.3) is 0 Å². The normalized spacial score (nSPS) is 11.8. The fourth-order valence-corrected chi connectivity index (χ4v) is 1.54. The molecular weight excluding hydrogens is 296 g/mol. The molecule has 2 amide bonds. The number of amides is 2. The molecule has 0 aliphatic rings. The fourth-order valence-electron chi connectivity index (χ4n) is 1.43. The summed E-state index contributed by atoms with van der Waals surface area (Å²) in [5, 5.41) is 5.52. The highest BCUT2D eigenvalue weighted by Crippen LogP contribution is 2.21. The van der Waals surface area contributed by atoms with E-state index in [1.165, 1.54) is 6.92 Å². The maximum Gasteiger partial charge on any atom is 0.238 e. The Bertz CT molecular complexity index is 460. The fraction of sp³-hybridized carbons (Fsp3) is 0.385. The predicted octanol–water partition coefficient (Wildman–Crippen LogP) is 3.07. The largest absolute Gasteiger partial charge is 0.326 e.